The van der Waals surface area contributed by atoms with Crippen molar-refractivity contribution >= 4 is 70.1 Å². The van der Waals surface area contributed by atoms with Crippen molar-refractivity contribution in [2.45, 2.75) is 11.8 Å². The Morgan fingerprint density at radius 3 is 2.30 bits per heavy atom. The molecule has 0 saturated carbocycles. The third kappa shape index (κ3) is 8.23. The molecular formula is C31H25Cl2N3O3S. The van der Waals surface area contributed by atoms with Gasteiger partial charge in [-0.3, -0.25) is 14.4 Å². The summed E-state index contributed by atoms with van der Waals surface area (Å²) in [7, 11) is 0. The molecule has 0 atom stereocenters. The summed E-state index contributed by atoms with van der Waals surface area (Å²) >= 11 is 13.5. The fraction of sp³-hybridized carbons (Fsp3) is 0.0645. The summed E-state index contributed by atoms with van der Waals surface area (Å²) in [5.41, 5.74) is 3.14. The van der Waals surface area contributed by atoms with Crippen LogP contribution in [0.1, 0.15) is 21.5 Å². The zero-order valence-electron chi connectivity index (χ0n) is 21.4. The molecular weight excluding hydrogens is 565 g/mol. The molecule has 4 aromatic rings. The van der Waals surface area contributed by atoms with Crippen LogP contribution in [0.2, 0.25) is 10.0 Å². The van der Waals surface area contributed by atoms with Gasteiger partial charge in [0, 0.05) is 31.9 Å². The van der Waals surface area contributed by atoms with Crippen LogP contribution in [-0.4, -0.2) is 23.5 Å². The highest BCUT2D eigenvalue weighted by Crippen LogP contribution is 2.25. The second kappa shape index (κ2) is 13.8. The van der Waals surface area contributed by atoms with E-state index >= 15 is 0 Å². The Morgan fingerprint density at radius 1 is 0.825 bits per heavy atom. The smallest absolute Gasteiger partial charge is 0.272 e. The second-order valence-electron chi connectivity index (χ2n) is 8.66. The zero-order chi connectivity index (χ0) is 28.5. The van der Waals surface area contributed by atoms with Crippen molar-refractivity contribution in [2.75, 3.05) is 16.4 Å². The summed E-state index contributed by atoms with van der Waals surface area (Å²) in [6.45, 7) is 1.84. The van der Waals surface area contributed by atoms with Crippen molar-refractivity contribution < 1.29 is 14.4 Å². The maximum atomic E-state index is 13.3. The van der Waals surface area contributed by atoms with Gasteiger partial charge in [-0.05, 0) is 78.7 Å². The van der Waals surface area contributed by atoms with Gasteiger partial charge < -0.3 is 16.0 Å². The summed E-state index contributed by atoms with van der Waals surface area (Å²) < 4.78 is 0. The Kier molecular flexibility index (Phi) is 10.0. The molecule has 4 aromatic carbocycles. The van der Waals surface area contributed by atoms with Crippen LogP contribution in [0.15, 0.2) is 108 Å². The van der Waals surface area contributed by atoms with Crippen LogP contribution in [0.25, 0.3) is 6.08 Å². The third-order valence-corrected chi connectivity index (χ3v) is 7.37. The highest BCUT2D eigenvalue weighted by atomic mass is 35.5. The molecule has 4 rings (SSSR count). The number of hydrogen-bond acceptors (Lipinski definition) is 4. The lowest BCUT2D eigenvalue weighted by atomic mass is 10.1. The lowest BCUT2D eigenvalue weighted by molar-refractivity contribution is -0.114. The highest BCUT2D eigenvalue weighted by Gasteiger charge is 2.16. The van der Waals surface area contributed by atoms with E-state index in [0.717, 1.165) is 10.5 Å². The number of amides is 3. The van der Waals surface area contributed by atoms with Gasteiger partial charge in [-0.1, -0.05) is 65.7 Å². The lowest BCUT2D eigenvalue weighted by Crippen LogP contribution is -2.30. The molecule has 3 amide bonds. The van der Waals surface area contributed by atoms with E-state index in [1.807, 2.05) is 13.0 Å². The first-order valence-corrected chi connectivity index (χ1v) is 14.0. The van der Waals surface area contributed by atoms with Gasteiger partial charge in [0.05, 0.1) is 5.75 Å². The number of rotatable bonds is 9. The predicted octanol–water partition coefficient (Wildman–Crippen LogP) is 7.44. The first-order chi connectivity index (χ1) is 19.3. The molecule has 0 bridgehead atoms. The summed E-state index contributed by atoms with van der Waals surface area (Å²) in [4.78, 5) is 39.4. The van der Waals surface area contributed by atoms with E-state index in [9.17, 15) is 14.4 Å². The number of carbonyl (C=O) groups is 3. The topological polar surface area (TPSA) is 87.3 Å². The molecule has 9 heteroatoms. The number of anilines is 2. The zero-order valence-corrected chi connectivity index (χ0v) is 23.7. The van der Waals surface area contributed by atoms with Crippen molar-refractivity contribution in [3.63, 3.8) is 0 Å². The van der Waals surface area contributed by atoms with E-state index in [4.69, 9.17) is 23.2 Å². The standard InChI is InChI=1S/C31H25Cl2N3O3S/c1-20-26(33)11-6-12-27(20)35-29(37)19-40-25-10-5-9-24(18-25)34-31(39)28(17-21-13-15-23(32)16-14-21)36-30(38)22-7-3-2-4-8-22/h2-18H,19H2,1H3,(H,34,39)(H,35,37)(H,36,38)/b28-17+. The van der Waals surface area contributed by atoms with Crippen LogP contribution in [0.4, 0.5) is 11.4 Å². The maximum Gasteiger partial charge on any atom is 0.272 e. The first kappa shape index (κ1) is 29.0. The largest absolute Gasteiger partial charge is 0.325 e. The van der Waals surface area contributed by atoms with Crippen molar-refractivity contribution in [2.24, 2.45) is 0 Å². The fourth-order valence-electron chi connectivity index (χ4n) is 3.61. The van der Waals surface area contributed by atoms with E-state index in [-0.39, 0.29) is 17.4 Å². The van der Waals surface area contributed by atoms with Crippen LogP contribution < -0.4 is 16.0 Å². The molecule has 0 aromatic heterocycles. The van der Waals surface area contributed by atoms with E-state index in [2.05, 4.69) is 16.0 Å². The molecule has 6 nitrogen and oxygen atoms in total. The Morgan fingerprint density at radius 2 is 1.55 bits per heavy atom. The van der Waals surface area contributed by atoms with E-state index < -0.39 is 11.8 Å². The molecule has 0 radical (unpaired) electrons. The summed E-state index contributed by atoms with van der Waals surface area (Å²) in [6, 6.07) is 28.0. The molecule has 202 valence electrons. The quantitative estimate of drug-likeness (QED) is 0.140. The van der Waals surface area contributed by atoms with Gasteiger partial charge in [0.1, 0.15) is 5.70 Å². The molecule has 0 saturated heterocycles. The van der Waals surface area contributed by atoms with Crippen molar-refractivity contribution in [1.82, 2.24) is 5.32 Å². The summed E-state index contributed by atoms with van der Waals surface area (Å²) in [5, 5.41) is 9.56. The first-order valence-electron chi connectivity index (χ1n) is 12.2. The predicted molar refractivity (Wildman–Crippen MR) is 164 cm³/mol. The summed E-state index contributed by atoms with van der Waals surface area (Å²) in [6.07, 6.45) is 1.58. The number of thioether (sulfide) groups is 1. The fourth-order valence-corrected chi connectivity index (χ4v) is 4.66. The molecule has 0 heterocycles. The molecule has 0 fully saturated rings. The Hall–Kier alpha value is -4.04. The van der Waals surface area contributed by atoms with E-state index in [1.165, 1.54) is 11.8 Å². The van der Waals surface area contributed by atoms with Gasteiger partial charge in [-0.25, -0.2) is 0 Å². The average Bonchev–Trinajstić information content (AvgIpc) is 2.96. The minimum atomic E-state index is -0.504. The molecule has 0 aliphatic heterocycles. The number of halogens is 2. The summed E-state index contributed by atoms with van der Waals surface area (Å²) in [5.74, 6) is -0.934. The van der Waals surface area contributed by atoms with Gasteiger partial charge in [0.25, 0.3) is 11.8 Å². The van der Waals surface area contributed by atoms with Crippen LogP contribution in [-0.2, 0) is 9.59 Å². The molecule has 0 aliphatic carbocycles. The lowest BCUT2D eigenvalue weighted by Gasteiger charge is -2.12. The number of hydrogen-bond donors (Lipinski definition) is 3. The van der Waals surface area contributed by atoms with Gasteiger partial charge >= 0.3 is 0 Å². The second-order valence-corrected chi connectivity index (χ2v) is 10.6. The Balaban J connectivity index is 1.45. The normalized spacial score (nSPS) is 11.0. The van der Waals surface area contributed by atoms with Crippen LogP contribution in [0.3, 0.4) is 0 Å². The molecule has 0 aliphatic rings. The monoisotopic (exact) mass is 589 g/mol. The van der Waals surface area contributed by atoms with Gasteiger partial charge in [-0.2, -0.15) is 0 Å². The van der Waals surface area contributed by atoms with Crippen LogP contribution >= 0.6 is 35.0 Å². The number of benzene rings is 4. The Bertz CT molecular complexity index is 1560. The van der Waals surface area contributed by atoms with E-state index in [0.29, 0.717) is 32.5 Å². The number of nitrogens with one attached hydrogen (secondary N) is 3. The van der Waals surface area contributed by atoms with Crippen molar-refractivity contribution in [3.05, 3.63) is 129 Å². The van der Waals surface area contributed by atoms with Crippen LogP contribution in [0.5, 0.6) is 0 Å². The highest BCUT2D eigenvalue weighted by molar-refractivity contribution is 8.00. The molecule has 0 spiro atoms. The average molecular weight is 591 g/mol. The minimum absolute atomic E-state index is 0.0606. The van der Waals surface area contributed by atoms with E-state index in [1.54, 1.807) is 97.1 Å². The SMILES string of the molecule is Cc1c(Cl)cccc1NC(=O)CSc1cccc(NC(=O)/C(=C\c2ccc(Cl)cc2)NC(=O)c2ccccc2)c1. The van der Waals surface area contributed by atoms with Crippen molar-refractivity contribution in [1.29, 1.82) is 0 Å². The van der Waals surface area contributed by atoms with Crippen molar-refractivity contribution in [3.8, 4) is 0 Å². The minimum Gasteiger partial charge on any atom is -0.325 e. The maximum absolute atomic E-state index is 13.3. The Labute approximate surface area is 246 Å². The van der Waals surface area contributed by atoms with Gasteiger partial charge in [0.15, 0.2) is 0 Å². The molecule has 40 heavy (non-hydrogen) atoms. The molecule has 0 unspecified atom stereocenters. The van der Waals surface area contributed by atoms with Crippen LogP contribution in [0, 0.1) is 6.92 Å². The molecule has 3 N–H and O–H groups in total. The number of carbonyl (C=O) groups excluding carboxylic acids is 3. The van der Waals surface area contributed by atoms with Gasteiger partial charge in [-0.15, -0.1) is 11.8 Å². The third-order valence-electron chi connectivity index (χ3n) is 5.71. The van der Waals surface area contributed by atoms with Gasteiger partial charge in [0.2, 0.25) is 5.91 Å².